The molecule has 1 unspecified atom stereocenters. The summed E-state index contributed by atoms with van der Waals surface area (Å²) >= 11 is 5.36. The number of carbonyl (C=O) groups excluding carboxylic acids is 2. The molecule has 0 bridgehead atoms. The van der Waals surface area contributed by atoms with E-state index < -0.39 is 5.24 Å². The van der Waals surface area contributed by atoms with Gasteiger partial charge in [-0.3, -0.25) is 9.59 Å². The lowest BCUT2D eigenvalue weighted by atomic mass is 10.1. The normalized spacial score (nSPS) is 21.1. The first-order chi connectivity index (χ1) is 7.15. The maximum absolute atomic E-state index is 11.4. The Morgan fingerprint density at radius 3 is 2.93 bits per heavy atom. The third kappa shape index (κ3) is 3.80. The van der Waals surface area contributed by atoms with Crippen molar-refractivity contribution >= 4 is 22.8 Å². The zero-order valence-electron chi connectivity index (χ0n) is 8.87. The third-order valence-corrected chi connectivity index (χ3v) is 2.76. The average molecular weight is 234 g/mol. The first-order valence-corrected chi connectivity index (χ1v) is 5.57. The Hall–Kier alpha value is -0.610. The van der Waals surface area contributed by atoms with E-state index >= 15 is 0 Å². The second-order valence-corrected chi connectivity index (χ2v) is 3.97. The van der Waals surface area contributed by atoms with Crippen LogP contribution in [0.15, 0.2) is 0 Å². The van der Waals surface area contributed by atoms with E-state index in [-0.39, 0.29) is 18.2 Å². The van der Waals surface area contributed by atoms with Crippen LogP contribution in [-0.4, -0.2) is 42.4 Å². The van der Waals surface area contributed by atoms with Gasteiger partial charge in [0.15, 0.2) is 0 Å². The van der Waals surface area contributed by atoms with Gasteiger partial charge in [-0.05, 0) is 24.9 Å². The molecular formula is C10H16ClNO3. The molecule has 5 heteroatoms. The van der Waals surface area contributed by atoms with E-state index in [1.165, 1.54) is 0 Å². The van der Waals surface area contributed by atoms with Crippen molar-refractivity contribution in [2.45, 2.75) is 19.8 Å². The second-order valence-electron chi connectivity index (χ2n) is 3.60. The Morgan fingerprint density at radius 1 is 1.67 bits per heavy atom. The number of nitrogens with zero attached hydrogens (tertiary/aromatic N) is 1. The molecule has 4 nitrogen and oxygen atoms in total. The van der Waals surface area contributed by atoms with Crippen LogP contribution in [0.4, 0.5) is 0 Å². The predicted octanol–water partition coefficient (Wildman–Crippen LogP) is 1.03. The number of amides is 1. The van der Waals surface area contributed by atoms with Gasteiger partial charge < -0.3 is 9.64 Å². The molecular weight excluding hydrogens is 218 g/mol. The summed E-state index contributed by atoms with van der Waals surface area (Å²) in [5.74, 6) is -0.295. The van der Waals surface area contributed by atoms with E-state index in [1.807, 2.05) is 6.92 Å². The average Bonchev–Trinajstić information content (AvgIpc) is 2.55. The highest BCUT2D eigenvalue weighted by atomic mass is 35.5. The van der Waals surface area contributed by atoms with Gasteiger partial charge in [-0.1, -0.05) is 0 Å². The number of hydrogen-bond acceptors (Lipinski definition) is 3. The molecule has 1 heterocycles. The molecule has 1 rings (SSSR count). The molecule has 1 saturated heterocycles. The number of likely N-dealkylation sites (tertiary alicyclic amines) is 1. The van der Waals surface area contributed by atoms with Crippen LogP contribution in [0.1, 0.15) is 19.8 Å². The molecule has 1 fully saturated rings. The lowest BCUT2D eigenvalue weighted by Crippen LogP contribution is -2.27. The molecule has 1 aliphatic rings. The molecule has 0 aromatic heterocycles. The summed E-state index contributed by atoms with van der Waals surface area (Å²) in [6, 6.07) is 0. The van der Waals surface area contributed by atoms with Crippen molar-refractivity contribution in [3.63, 3.8) is 0 Å². The molecule has 1 atom stereocenters. The number of ether oxygens (including phenoxy) is 1. The lowest BCUT2D eigenvalue weighted by molar-refractivity contribution is -0.128. The highest BCUT2D eigenvalue weighted by Crippen LogP contribution is 2.19. The summed E-state index contributed by atoms with van der Waals surface area (Å²) in [6.07, 6.45) is 1.07. The molecule has 0 aromatic rings. The van der Waals surface area contributed by atoms with Gasteiger partial charge in [0.05, 0.1) is 5.92 Å². The number of hydrogen-bond donors (Lipinski definition) is 0. The van der Waals surface area contributed by atoms with Crippen LogP contribution >= 0.6 is 11.6 Å². The summed E-state index contributed by atoms with van der Waals surface area (Å²) in [6.45, 7) is 4.40. The van der Waals surface area contributed by atoms with Gasteiger partial charge in [0.25, 0.3) is 0 Å². The minimum absolute atomic E-state index is 0.0190. The molecule has 0 spiro atoms. The summed E-state index contributed by atoms with van der Waals surface area (Å²) < 4.78 is 5.17. The van der Waals surface area contributed by atoms with Gasteiger partial charge in [0.1, 0.15) is 0 Å². The van der Waals surface area contributed by atoms with Crippen LogP contribution in [0.3, 0.4) is 0 Å². The van der Waals surface area contributed by atoms with Crippen LogP contribution in [0.5, 0.6) is 0 Å². The van der Waals surface area contributed by atoms with Gasteiger partial charge >= 0.3 is 0 Å². The molecule has 0 aliphatic carbocycles. The summed E-state index contributed by atoms with van der Waals surface area (Å²) in [5.41, 5.74) is 0. The highest BCUT2D eigenvalue weighted by molar-refractivity contribution is 6.64. The third-order valence-electron chi connectivity index (χ3n) is 2.46. The van der Waals surface area contributed by atoms with Gasteiger partial charge in [-0.2, -0.15) is 0 Å². The van der Waals surface area contributed by atoms with Crippen molar-refractivity contribution in [1.29, 1.82) is 0 Å². The van der Waals surface area contributed by atoms with Crippen molar-refractivity contribution in [3.05, 3.63) is 0 Å². The van der Waals surface area contributed by atoms with Crippen molar-refractivity contribution in [1.82, 2.24) is 4.90 Å². The first-order valence-electron chi connectivity index (χ1n) is 5.20. The number of rotatable bonds is 6. The highest BCUT2D eigenvalue weighted by Gasteiger charge is 2.32. The monoisotopic (exact) mass is 233 g/mol. The first kappa shape index (κ1) is 12.5. The Balaban J connectivity index is 2.25. The second kappa shape index (κ2) is 6.08. The van der Waals surface area contributed by atoms with Crippen LogP contribution < -0.4 is 0 Å². The largest absolute Gasteiger partial charge is 0.382 e. The maximum Gasteiger partial charge on any atom is 0.227 e. The van der Waals surface area contributed by atoms with Gasteiger partial charge in [-0.15, -0.1) is 0 Å². The molecule has 15 heavy (non-hydrogen) atoms. The molecule has 0 radical (unpaired) electrons. The summed E-state index contributed by atoms with van der Waals surface area (Å²) in [5, 5.41) is -0.407. The van der Waals surface area contributed by atoms with E-state index in [9.17, 15) is 9.59 Å². The number of halogens is 1. The van der Waals surface area contributed by atoms with E-state index in [4.69, 9.17) is 16.3 Å². The minimum atomic E-state index is -0.407. The maximum atomic E-state index is 11.4. The molecule has 0 aromatic carbocycles. The van der Waals surface area contributed by atoms with Crippen LogP contribution in [0, 0.1) is 5.92 Å². The predicted molar refractivity (Wildman–Crippen MR) is 56.7 cm³/mol. The molecule has 1 aliphatic heterocycles. The van der Waals surface area contributed by atoms with Crippen molar-refractivity contribution < 1.29 is 14.3 Å². The molecule has 0 saturated carbocycles. The fourth-order valence-electron chi connectivity index (χ4n) is 1.64. The van der Waals surface area contributed by atoms with Gasteiger partial charge in [-0.25, -0.2) is 0 Å². The van der Waals surface area contributed by atoms with E-state index in [0.717, 1.165) is 6.42 Å². The Labute approximate surface area is 94.5 Å². The van der Waals surface area contributed by atoms with Crippen molar-refractivity contribution in [2.24, 2.45) is 5.92 Å². The quantitative estimate of drug-likeness (QED) is 0.509. The van der Waals surface area contributed by atoms with Crippen molar-refractivity contribution in [3.8, 4) is 0 Å². The fourth-order valence-corrected chi connectivity index (χ4v) is 1.79. The smallest absolute Gasteiger partial charge is 0.227 e. The fraction of sp³-hybridized carbons (Fsp3) is 0.800. The molecule has 1 amide bonds. The lowest BCUT2D eigenvalue weighted by Gasteiger charge is -2.15. The summed E-state index contributed by atoms with van der Waals surface area (Å²) in [7, 11) is 0. The minimum Gasteiger partial charge on any atom is -0.382 e. The van der Waals surface area contributed by atoms with Crippen molar-refractivity contribution in [2.75, 3.05) is 26.3 Å². The standard InChI is InChI=1S/C10H16ClNO3/c1-2-15-5-3-4-12-7-8(10(11)14)6-9(12)13/h8H,2-7H2,1H3. The van der Waals surface area contributed by atoms with E-state index in [2.05, 4.69) is 0 Å². The molecule has 0 N–H and O–H groups in total. The van der Waals surface area contributed by atoms with Crippen LogP contribution in [0.2, 0.25) is 0 Å². The van der Waals surface area contributed by atoms with Gasteiger partial charge in [0.2, 0.25) is 11.1 Å². The Morgan fingerprint density at radius 2 is 2.40 bits per heavy atom. The van der Waals surface area contributed by atoms with E-state index in [1.54, 1.807) is 4.90 Å². The topological polar surface area (TPSA) is 46.6 Å². The number of carbonyl (C=O) groups is 2. The van der Waals surface area contributed by atoms with E-state index in [0.29, 0.717) is 26.3 Å². The Bertz CT molecular complexity index is 245. The van der Waals surface area contributed by atoms with Gasteiger partial charge in [0, 0.05) is 32.7 Å². The zero-order chi connectivity index (χ0) is 11.3. The van der Waals surface area contributed by atoms with Crippen LogP contribution in [-0.2, 0) is 14.3 Å². The summed E-state index contributed by atoms with van der Waals surface area (Å²) in [4.78, 5) is 24.0. The van der Waals surface area contributed by atoms with Crippen LogP contribution in [0.25, 0.3) is 0 Å². The zero-order valence-corrected chi connectivity index (χ0v) is 9.63. The Kier molecular flexibility index (Phi) is 5.05. The SMILES string of the molecule is CCOCCCN1CC(C(=O)Cl)CC1=O. The molecule has 86 valence electrons.